The SMILES string of the molecule is CC1(C)CCCCC1NC(=O)c1ccc(-c2ccccc2C(=O)Nc2ccc(C(=N)N)cc2)c(C(=O)OCc2ccccc2)c1. The first kappa shape index (κ1) is 31.2. The van der Waals surface area contributed by atoms with Crippen LogP contribution in [0.25, 0.3) is 11.1 Å². The number of nitrogens with two attached hydrogens (primary N) is 1. The number of amides is 2. The average Bonchev–Trinajstić information content (AvgIpc) is 3.05. The molecule has 5 rings (SSSR count). The molecule has 0 bridgehead atoms. The van der Waals surface area contributed by atoms with E-state index in [1.807, 2.05) is 30.3 Å². The van der Waals surface area contributed by atoms with E-state index in [4.69, 9.17) is 15.9 Å². The Morgan fingerprint density at radius 2 is 1.49 bits per heavy atom. The Hall–Kier alpha value is -5.24. The quantitative estimate of drug-likeness (QED) is 0.0935. The summed E-state index contributed by atoms with van der Waals surface area (Å²) >= 11 is 0. The van der Waals surface area contributed by atoms with Gasteiger partial charge in [-0.1, -0.05) is 81.3 Å². The molecule has 0 spiro atoms. The van der Waals surface area contributed by atoms with Crippen LogP contribution < -0.4 is 16.4 Å². The van der Waals surface area contributed by atoms with Crippen molar-refractivity contribution >= 4 is 29.3 Å². The molecule has 5 N–H and O–H groups in total. The molecule has 1 saturated carbocycles. The minimum absolute atomic E-state index is 0.0238. The first-order valence-electron chi connectivity index (χ1n) is 15.1. The smallest absolute Gasteiger partial charge is 0.339 e. The summed E-state index contributed by atoms with van der Waals surface area (Å²) in [7, 11) is 0. The average molecular weight is 603 g/mol. The zero-order valence-corrected chi connectivity index (χ0v) is 25.6. The van der Waals surface area contributed by atoms with E-state index in [9.17, 15) is 14.4 Å². The Labute approximate surface area is 263 Å². The molecule has 0 aromatic heterocycles. The third-order valence-corrected chi connectivity index (χ3v) is 8.44. The Bertz CT molecular complexity index is 1710. The largest absolute Gasteiger partial charge is 0.457 e. The van der Waals surface area contributed by atoms with Gasteiger partial charge in [0.25, 0.3) is 11.8 Å². The van der Waals surface area contributed by atoms with Gasteiger partial charge in [0.1, 0.15) is 12.4 Å². The van der Waals surface area contributed by atoms with Gasteiger partial charge in [0.2, 0.25) is 0 Å². The van der Waals surface area contributed by atoms with Gasteiger partial charge in [0.05, 0.1) is 5.56 Å². The van der Waals surface area contributed by atoms with Crippen molar-refractivity contribution in [1.29, 1.82) is 5.41 Å². The van der Waals surface area contributed by atoms with Crippen LogP contribution in [0.5, 0.6) is 0 Å². The monoisotopic (exact) mass is 602 g/mol. The minimum Gasteiger partial charge on any atom is -0.457 e. The summed E-state index contributed by atoms with van der Waals surface area (Å²) in [6, 6.07) is 28.0. The number of hydrogen-bond acceptors (Lipinski definition) is 5. The van der Waals surface area contributed by atoms with Gasteiger partial charge in [-0.2, -0.15) is 0 Å². The van der Waals surface area contributed by atoms with Gasteiger partial charge >= 0.3 is 5.97 Å². The highest BCUT2D eigenvalue weighted by Crippen LogP contribution is 2.36. The van der Waals surface area contributed by atoms with E-state index >= 15 is 0 Å². The Kier molecular flexibility index (Phi) is 9.42. The molecule has 1 atom stereocenters. The minimum atomic E-state index is -0.600. The van der Waals surface area contributed by atoms with Crippen LogP contribution in [0.4, 0.5) is 5.69 Å². The van der Waals surface area contributed by atoms with Gasteiger partial charge in [-0.3, -0.25) is 15.0 Å². The molecular formula is C37H38N4O4. The van der Waals surface area contributed by atoms with E-state index in [0.717, 1.165) is 31.2 Å². The van der Waals surface area contributed by atoms with Crippen LogP contribution in [0.1, 0.15) is 81.7 Å². The molecule has 8 nitrogen and oxygen atoms in total. The molecule has 0 aliphatic heterocycles. The molecule has 0 heterocycles. The van der Waals surface area contributed by atoms with E-state index in [2.05, 4.69) is 24.5 Å². The Balaban J connectivity index is 1.47. The Morgan fingerprint density at radius 3 is 2.20 bits per heavy atom. The highest BCUT2D eigenvalue weighted by Gasteiger charge is 2.33. The second-order valence-corrected chi connectivity index (χ2v) is 12.1. The summed E-state index contributed by atoms with van der Waals surface area (Å²) in [5.74, 6) is -1.30. The molecule has 230 valence electrons. The lowest BCUT2D eigenvalue weighted by atomic mass is 9.73. The van der Waals surface area contributed by atoms with Crippen molar-refractivity contribution in [2.24, 2.45) is 11.1 Å². The highest BCUT2D eigenvalue weighted by atomic mass is 16.5. The van der Waals surface area contributed by atoms with Crippen molar-refractivity contribution in [3.63, 3.8) is 0 Å². The van der Waals surface area contributed by atoms with Crippen molar-refractivity contribution < 1.29 is 19.1 Å². The van der Waals surface area contributed by atoms with Crippen LogP contribution in [0.3, 0.4) is 0 Å². The molecule has 2 amide bonds. The summed E-state index contributed by atoms with van der Waals surface area (Å²) in [5, 5.41) is 13.7. The number of rotatable bonds is 9. The second-order valence-electron chi connectivity index (χ2n) is 12.1. The van der Waals surface area contributed by atoms with E-state index < -0.39 is 5.97 Å². The fourth-order valence-electron chi connectivity index (χ4n) is 5.74. The van der Waals surface area contributed by atoms with Gasteiger partial charge in [0, 0.05) is 28.4 Å². The van der Waals surface area contributed by atoms with Crippen molar-refractivity contribution in [1.82, 2.24) is 5.32 Å². The predicted octanol–water partition coefficient (Wildman–Crippen LogP) is 6.95. The molecule has 4 aromatic carbocycles. The molecule has 4 aromatic rings. The Morgan fingerprint density at radius 1 is 0.822 bits per heavy atom. The van der Waals surface area contributed by atoms with Crippen LogP contribution in [0.2, 0.25) is 0 Å². The van der Waals surface area contributed by atoms with Gasteiger partial charge in [0.15, 0.2) is 0 Å². The topological polar surface area (TPSA) is 134 Å². The number of nitrogens with one attached hydrogen (secondary N) is 3. The summed E-state index contributed by atoms with van der Waals surface area (Å²) in [6.07, 6.45) is 4.14. The summed E-state index contributed by atoms with van der Waals surface area (Å²) in [6.45, 7) is 4.41. The lowest BCUT2D eigenvalue weighted by molar-refractivity contribution is 0.0473. The van der Waals surface area contributed by atoms with Crippen LogP contribution in [-0.4, -0.2) is 29.7 Å². The molecule has 1 aliphatic carbocycles. The number of carbonyl (C=O) groups excluding carboxylic acids is 3. The zero-order valence-electron chi connectivity index (χ0n) is 25.6. The third-order valence-electron chi connectivity index (χ3n) is 8.44. The molecule has 1 aliphatic rings. The number of hydrogen-bond donors (Lipinski definition) is 4. The number of esters is 1. The number of nitrogen functional groups attached to an aromatic ring is 1. The summed E-state index contributed by atoms with van der Waals surface area (Å²) in [5.41, 5.74) is 9.30. The van der Waals surface area contributed by atoms with Gasteiger partial charge in [-0.25, -0.2) is 4.79 Å². The predicted molar refractivity (Wildman–Crippen MR) is 176 cm³/mol. The fraction of sp³-hybridized carbons (Fsp3) is 0.243. The van der Waals surface area contributed by atoms with Crippen LogP contribution in [0.15, 0.2) is 97.1 Å². The maximum Gasteiger partial charge on any atom is 0.339 e. The molecule has 45 heavy (non-hydrogen) atoms. The first-order valence-corrected chi connectivity index (χ1v) is 15.1. The normalized spacial score (nSPS) is 15.5. The van der Waals surface area contributed by atoms with Crippen LogP contribution >= 0.6 is 0 Å². The van der Waals surface area contributed by atoms with E-state index in [1.54, 1.807) is 66.7 Å². The van der Waals surface area contributed by atoms with E-state index in [0.29, 0.717) is 33.5 Å². The van der Waals surface area contributed by atoms with E-state index in [-0.39, 0.29) is 41.3 Å². The number of ether oxygens (including phenoxy) is 1. The van der Waals surface area contributed by atoms with Crippen LogP contribution in [0, 0.1) is 10.8 Å². The molecule has 0 radical (unpaired) electrons. The van der Waals surface area contributed by atoms with E-state index in [1.165, 1.54) is 0 Å². The fourth-order valence-corrected chi connectivity index (χ4v) is 5.74. The maximum absolute atomic E-state index is 13.7. The number of amidine groups is 1. The van der Waals surface area contributed by atoms with Crippen molar-refractivity contribution in [3.8, 4) is 11.1 Å². The van der Waals surface area contributed by atoms with Crippen molar-refractivity contribution in [3.05, 3.63) is 125 Å². The molecule has 8 heteroatoms. The zero-order chi connectivity index (χ0) is 32.0. The second kappa shape index (κ2) is 13.6. The third kappa shape index (κ3) is 7.47. The molecule has 1 fully saturated rings. The van der Waals surface area contributed by atoms with Crippen molar-refractivity contribution in [2.75, 3.05) is 5.32 Å². The highest BCUT2D eigenvalue weighted by molar-refractivity contribution is 6.11. The molecule has 1 unspecified atom stereocenters. The van der Waals surface area contributed by atoms with Gasteiger partial charge in [-0.05, 0) is 77.4 Å². The number of carbonyl (C=O) groups is 3. The number of anilines is 1. The maximum atomic E-state index is 13.7. The van der Waals surface area contributed by atoms with Crippen molar-refractivity contribution in [2.45, 2.75) is 52.2 Å². The van der Waals surface area contributed by atoms with Gasteiger partial charge < -0.3 is 21.1 Å². The molecule has 0 saturated heterocycles. The standard InChI is InChI=1S/C37H38N4O4/c1-37(2)21-9-8-14-32(37)41-34(42)26-17-20-29(31(22-26)36(44)45-23-24-10-4-3-5-11-24)28-12-6-7-13-30(28)35(43)40-27-18-15-25(16-19-27)33(38)39/h3-7,10-13,15-20,22,32H,8-9,14,21,23H2,1-2H3,(H3,38,39)(H,40,43)(H,41,42). The van der Waals surface area contributed by atoms with Crippen LogP contribution in [-0.2, 0) is 11.3 Å². The lowest BCUT2D eigenvalue weighted by Crippen LogP contribution is -2.46. The summed E-state index contributed by atoms with van der Waals surface area (Å²) < 4.78 is 5.72. The van der Waals surface area contributed by atoms with Gasteiger partial charge in [-0.15, -0.1) is 0 Å². The lowest BCUT2D eigenvalue weighted by Gasteiger charge is -2.39. The molecular weight excluding hydrogens is 564 g/mol. The first-order chi connectivity index (χ1) is 21.6. The summed E-state index contributed by atoms with van der Waals surface area (Å²) in [4.78, 5) is 40.7. The number of benzene rings is 4.